The van der Waals surface area contributed by atoms with Crippen LogP contribution in [0.3, 0.4) is 0 Å². The van der Waals surface area contributed by atoms with E-state index in [1.807, 2.05) is 0 Å². The Balaban J connectivity index is 3.14. The predicted octanol–water partition coefficient (Wildman–Crippen LogP) is 2.72. The summed E-state index contributed by atoms with van der Waals surface area (Å²) in [4.78, 5) is 10.6. The molecule has 4 heteroatoms. The minimum absolute atomic E-state index is 0.0488. The molecular formula is C10H10F2O2. The second kappa shape index (κ2) is 4.17. The van der Waals surface area contributed by atoms with Crippen LogP contribution >= 0.6 is 0 Å². The highest BCUT2D eigenvalue weighted by Gasteiger charge is 2.11. The van der Waals surface area contributed by atoms with Gasteiger partial charge in [-0.1, -0.05) is 6.07 Å². The van der Waals surface area contributed by atoms with Crippen LogP contribution in [0.4, 0.5) is 8.78 Å². The smallest absolute Gasteiger partial charge is 0.387 e. The molecule has 14 heavy (non-hydrogen) atoms. The fourth-order valence-corrected chi connectivity index (χ4v) is 1.25. The first kappa shape index (κ1) is 10.6. The summed E-state index contributed by atoms with van der Waals surface area (Å²) in [7, 11) is 0. The van der Waals surface area contributed by atoms with Gasteiger partial charge < -0.3 is 4.74 Å². The van der Waals surface area contributed by atoms with Crippen molar-refractivity contribution >= 4 is 6.29 Å². The second-order valence-corrected chi connectivity index (χ2v) is 2.92. The summed E-state index contributed by atoms with van der Waals surface area (Å²) >= 11 is 0. The fourth-order valence-electron chi connectivity index (χ4n) is 1.25. The lowest BCUT2D eigenvalue weighted by molar-refractivity contribution is -0.0503. The van der Waals surface area contributed by atoms with Gasteiger partial charge in [0.05, 0.1) is 0 Å². The van der Waals surface area contributed by atoms with Gasteiger partial charge in [-0.2, -0.15) is 8.78 Å². The highest BCUT2D eigenvalue weighted by molar-refractivity contribution is 5.80. The molecule has 0 atom stereocenters. The molecule has 0 saturated carbocycles. The number of rotatable bonds is 3. The quantitative estimate of drug-likeness (QED) is 0.701. The molecule has 1 aromatic rings. The number of hydrogen-bond donors (Lipinski definition) is 0. The zero-order valence-electron chi connectivity index (χ0n) is 7.88. The number of alkyl halides is 2. The van der Waals surface area contributed by atoms with Crippen molar-refractivity contribution in [2.45, 2.75) is 20.5 Å². The molecule has 0 aromatic heterocycles. The maximum Gasteiger partial charge on any atom is 0.387 e. The third-order valence-corrected chi connectivity index (χ3v) is 2.02. The molecule has 0 aliphatic rings. The summed E-state index contributed by atoms with van der Waals surface area (Å²) in [5.41, 5.74) is 1.60. The molecule has 0 radical (unpaired) electrons. The molecule has 76 valence electrons. The SMILES string of the molecule is Cc1ccc(OC(F)F)c(C)c1C=O. The second-order valence-electron chi connectivity index (χ2n) is 2.92. The number of benzene rings is 1. The van der Waals surface area contributed by atoms with Crippen molar-refractivity contribution in [2.24, 2.45) is 0 Å². The van der Waals surface area contributed by atoms with E-state index in [-0.39, 0.29) is 5.75 Å². The number of halogens is 2. The van der Waals surface area contributed by atoms with Gasteiger partial charge in [-0.25, -0.2) is 0 Å². The number of carbonyl (C=O) groups is 1. The largest absolute Gasteiger partial charge is 0.435 e. The van der Waals surface area contributed by atoms with Gasteiger partial charge >= 0.3 is 6.61 Å². The molecule has 0 N–H and O–H groups in total. The Morgan fingerprint density at radius 1 is 1.36 bits per heavy atom. The first-order valence-electron chi connectivity index (χ1n) is 4.06. The van der Waals surface area contributed by atoms with E-state index in [2.05, 4.69) is 4.74 Å². The summed E-state index contributed by atoms with van der Waals surface area (Å²) in [6, 6.07) is 3.01. The van der Waals surface area contributed by atoms with Gasteiger partial charge in [0.15, 0.2) is 6.29 Å². The Kier molecular flexibility index (Phi) is 3.17. The third-order valence-electron chi connectivity index (χ3n) is 2.02. The molecule has 0 spiro atoms. The van der Waals surface area contributed by atoms with Crippen molar-refractivity contribution < 1.29 is 18.3 Å². The van der Waals surface area contributed by atoms with E-state index < -0.39 is 6.61 Å². The van der Waals surface area contributed by atoms with E-state index in [1.54, 1.807) is 19.9 Å². The summed E-state index contributed by atoms with van der Waals surface area (Å²) in [5.74, 6) is 0.0488. The Morgan fingerprint density at radius 3 is 2.50 bits per heavy atom. The van der Waals surface area contributed by atoms with Crippen molar-refractivity contribution in [2.75, 3.05) is 0 Å². The van der Waals surface area contributed by atoms with Gasteiger partial charge in [0, 0.05) is 11.1 Å². The lowest BCUT2D eigenvalue weighted by Crippen LogP contribution is -2.05. The molecule has 0 heterocycles. The lowest BCUT2D eigenvalue weighted by atomic mass is 10.0. The normalized spacial score (nSPS) is 10.4. The van der Waals surface area contributed by atoms with Gasteiger partial charge in [-0.3, -0.25) is 4.79 Å². The molecule has 1 aromatic carbocycles. The summed E-state index contributed by atoms with van der Waals surface area (Å²) in [6.07, 6.45) is 0.642. The van der Waals surface area contributed by atoms with Crippen LogP contribution in [-0.2, 0) is 0 Å². The van der Waals surface area contributed by atoms with Crippen molar-refractivity contribution in [3.63, 3.8) is 0 Å². The van der Waals surface area contributed by atoms with Crippen LogP contribution in [0.2, 0.25) is 0 Å². The lowest BCUT2D eigenvalue weighted by Gasteiger charge is -2.10. The minimum Gasteiger partial charge on any atom is -0.435 e. The van der Waals surface area contributed by atoms with Crippen LogP contribution in [-0.4, -0.2) is 12.9 Å². The van der Waals surface area contributed by atoms with Gasteiger partial charge in [0.2, 0.25) is 0 Å². The Morgan fingerprint density at radius 2 is 2.00 bits per heavy atom. The van der Waals surface area contributed by atoms with Crippen molar-refractivity contribution in [3.8, 4) is 5.75 Å². The summed E-state index contributed by atoms with van der Waals surface area (Å²) in [6.45, 7) is 0.452. The van der Waals surface area contributed by atoms with Gasteiger partial charge in [0.25, 0.3) is 0 Å². The molecule has 0 amide bonds. The van der Waals surface area contributed by atoms with E-state index in [9.17, 15) is 13.6 Å². The first-order valence-corrected chi connectivity index (χ1v) is 4.06. The van der Waals surface area contributed by atoms with E-state index in [0.717, 1.165) is 5.56 Å². The third kappa shape index (κ3) is 2.07. The first-order chi connectivity index (χ1) is 6.56. The summed E-state index contributed by atoms with van der Waals surface area (Å²) in [5, 5.41) is 0. The zero-order chi connectivity index (χ0) is 10.7. The number of aryl methyl sites for hydroxylation is 1. The molecule has 1 rings (SSSR count). The minimum atomic E-state index is -2.86. The highest BCUT2D eigenvalue weighted by Crippen LogP contribution is 2.24. The average molecular weight is 200 g/mol. The zero-order valence-corrected chi connectivity index (χ0v) is 7.88. The molecule has 0 fully saturated rings. The predicted molar refractivity (Wildman–Crippen MR) is 47.9 cm³/mol. The Hall–Kier alpha value is -1.45. The van der Waals surface area contributed by atoms with Crippen LogP contribution in [0.5, 0.6) is 5.75 Å². The Labute approximate surface area is 80.5 Å². The monoisotopic (exact) mass is 200 g/mol. The van der Waals surface area contributed by atoms with Crippen LogP contribution in [0.15, 0.2) is 12.1 Å². The number of carbonyl (C=O) groups excluding carboxylic acids is 1. The van der Waals surface area contributed by atoms with Crippen LogP contribution in [0.1, 0.15) is 21.5 Å². The average Bonchev–Trinajstić information content (AvgIpc) is 2.10. The van der Waals surface area contributed by atoms with E-state index >= 15 is 0 Å². The van der Waals surface area contributed by atoms with E-state index in [4.69, 9.17) is 0 Å². The van der Waals surface area contributed by atoms with Crippen LogP contribution in [0.25, 0.3) is 0 Å². The Bertz CT molecular complexity index is 348. The number of aldehydes is 1. The van der Waals surface area contributed by atoms with Crippen LogP contribution in [0, 0.1) is 13.8 Å². The molecule has 0 unspecified atom stereocenters. The molecule has 2 nitrogen and oxygen atoms in total. The topological polar surface area (TPSA) is 26.3 Å². The number of ether oxygens (including phenoxy) is 1. The van der Waals surface area contributed by atoms with Crippen molar-refractivity contribution in [1.29, 1.82) is 0 Å². The molecule has 0 aliphatic heterocycles. The van der Waals surface area contributed by atoms with Gasteiger partial charge in [-0.05, 0) is 25.5 Å². The van der Waals surface area contributed by atoms with Gasteiger partial charge in [0.1, 0.15) is 5.75 Å². The van der Waals surface area contributed by atoms with Crippen molar-refractivity contribution in [3.05, 3.63) is 28.8 Å². The molecule has 0 aliphatic carbocycles. The standard InChI is InChI=1S/C10H10F2O2/c1-6-3-4-9(14-10(11)12)7(2)8(6)5-13/h3-5,10H,1-2H3. The van der Waals surface area contributed by atoms with Gasteiger partial charge in [-0.15, -0.1) is 0 Å². The molecule has 0 saturated heterocycles. The van der Waals surface area contributed by atoms with E-state index in [1.165, 1.54) is 6.07 Å². The highest BCUT2D eigenvalue weighted by atomic mass is 19.3. The van der Waals surface area contributed by atoms with E-state index in [0.29, 0.717) is 17.4 Å². The summed E-state index contributed by atoms with van der Waals surface area (Å²) < 4.78 is 28.1. The maximum absolute atomic E-state index is 11.9. The molecular weight excluding hydrogens is 190 g/mol. The fraction of sp³-hybridized carbons (Fsp3) is 0.300. The number of hydrogen-bond acceptors (Lipinski definition) is 2. The molecule has 0 bridgehead atoms. The van der Waals surface area contributed by atoms with Crippen LogP contribution < -0.4 is 4.74 Å². The van der Waals surface area contributed by atoms with Crippen molar-refractivity contribution in [1.82, 2.24) is 0 Å². The maximum atomic E-state index is 11.9.